The van der Waals surface area contributed by atoms with Crippen LogP contribution in [0.2, 0.25) is 0 Å². The number of imide groups is 1. The Balaban J connectivity index is -0.00000211. The van der Waals surface area contributed by atoms with Crippen molar-refractivity contribution in [3.8, 4) is 0 Å². The van der Waals surface area contributed by atoms with E-state index >= 15 is 0 Å². The molecule has 0 rings (SSSR count). The van der Waals surface area contributed by atoms with Crippen LogP contribution in [0.15, 0.2) is 0 Å². The first-order chi connectivity index (χ1) is 29.9. The molecule has 0 heterocycles. The number of amides is 2. The van der Waals surface area contributed by atoms with Gasteiger partial charge in [0.25, 0.3) is 0 Å². The molecule has 0 radical (unpaired) electrons. The van der Waals surface area contributed by atoms with Crippen molar-refractivity contribution in [2.75, 3.05) is 19.7 Å². The summed E-state index contributed by atoms with van der Waals surface area (Å²) in [6.45, 7) is 5.58. The van der Waals surface area contributed by atoms with E-state index in [4.69, 9.17) is 32.5 Å². The van der Waals surface area contributed by atoms with E-state index in [1.807, 2.05) is 0 Å². The molecule has 62 heavy (non-hydrogen) atoms. The maximum Gasteiger partial charge on any atom is 0.326 e. The summed E-state index contributed by atoms with van der Waals surface area (Å²) in [5.41, 5.74) is 15.2. The Morgan fingerprint density at radius 1 is 0.419 bits per heavy atom. The third-order valence-electron chi connectivity index (χ3n) is 11.2. The van der Waals surface area contributed by atoms with Crippen LogP contribution >= 0.6 is 0 Å². The number of carbonyl (C=O) groups excluding carboxylic acids is 2. The highest BCUT2D eigenvalue weighted by Gasteiger charge is 2.34. The van der Waals surface area contributed by atoms with Gasteiger partial charge < -0.3 is 37.6 Å². The number of hydrogen-bond donors (Lipinski definition) is 7. The molecule has 368 valence electrons. The van der Waals surface area contributed by atoms with Crippen LogP contribution in [0.1, 0.15) is 251 Å². The zero-order valence-corrected chi connectivity index (χ0v) is 39.9. The van der Waals surface area contributed by atoms with E-state index in [0.29, 0.717) is 32.4 Å². The van der Waals surface area contributed by atoms with Crippen molar-refractivity contribution in [3.63, 3.8) is 0 Å². The van der Waals surface area contributed by atoms with E-state index < -0.39 is 48.2 Å². The van der Waals surface area contributed by atoms with E-state index in [2.05, 4.69) is 13.8 Å². The van der Waals surface area contributed by atoms with Crippen LogP contribution in [-0.4, -0.2) is 86.8 Å². The number of rotatable bonds is 43. The molecule has 2 atom stereocenters. The third-order valence-corrected chi connectivity index (χ3v) is 11.2. The molecule has 10 N–H and O–H groups in total. The van der Waals surface area contributed by atoms with Gasteiger partial charge in [-0.05, 0) is 38.6 Å². The predicted molar refractivity (Wildman–Crippen MR) is 254 cm³/mol. The Kier molecular flexibility index (Phi) is 52.4. The van der Waals surface area contributed by atoms with Gasteiger partial charge >= 0.3 is 17.9 Å². The van der Waals surface area contributed by atoms with Gasteiger partial charge in [0.05, 0.1) is 6.61 Å². The SMILES string of the molecule is CCCCCCCCCCCCCCCCCC(=O)N(C(=O)CCCCCCCCCCCCCCCCC)[C@@H](CCC(=O)O)C(=O)O.NCCCC[C@H](N)C(=O)O.NCCO. The molecule has 2 amide bonds. The summed E-state index contributed by atoms with van der Waals surface area (Å²) in [6, 6.07) is -2.14. The molecule has 0 unspecified atom stereocenters. The Hall–Kier alpha value is -2.61. The van der Waals surface area contributed by atoms with Crippen LogP contribution in [0.25, 0.3) is 0 Å². The molecule has 0 aromatic carbocycles. The molecule has 13 nitrogen and oxygen atoms in total. The quantitative estimate of drug-likeness (QED) is 0.0283. The smallest absolute Gasteiger partial charge is 0.326 e. The Morgan fingerprint density at radius 3 is 0.968 bits per heavy atom. The van der Waals surface area contributed by atoms with E-state index in [1.54, 1.807) is 0 Å². The van der Waals surface area contributed by atoms with E-state index in [9.17, 15) is 29.1 Å². The summed E-state index contributed by atoms with van der Waals surface area (Å²) in [6.07, 6.45) is 38.1. The summed E-state index contributed by atoms with van der Waals surface area (Å²) < 4.78 is 0. The lowest BCUT2D eigenvalue weighted by Crippen LogP contribution is -2.48. The zero-order chi connectivity index (χ0) is 46.9. The number of nitrogens with zero attached hydrogens (tertiary/aromatic N) is 1. The lowest BCUT2D eigenvalue weighted by atomic mass is 10.0. The lowest BCUT2D eigenvalue weighted by molar-refractivity contribution is -0.159. The molecule has 0 fully saturated rings. The van der Waals surface area contributed by atoms with Gasteiger partial charge in [-0.15, -0.1) is 0 Å². The second-order valence-corrected chi connectivity index (χ2v) is 17.1. The molecule has 0 aromatic heterocycles. The van der Waals surface area contributed by atoms with Crippen LogP contribution in [0.5, 0.6) is 0 Å². The number of aliphatic hydroxyl groups is 1. The maximum atomic E-state index is 13.2. The number of carboxylic acids is 3. The fraction of sp³-hybridized carbons (Fsp3) is 0.898. The first-order valence-electron chi connectivity index (χ1n) is 25.2. The number of hydrogen-bond acceptors (Lipinski definition) is 9. The van der Waals surface area contributed by atoms with Gasteiger partial charge in [0, 0.05) is 25.8 Å². The standard InChI is InChI=1S/C41H77NO6.C6H14N2O2.C2H7NO/c1-3-5-7-9-11-13-15-17-19-21-23-25-27-29-31-33-38(43)42(37(41(47)48)35-36-40(45)46)39(44)34-32-30-28-26-24-22-20-18-16-14-12-10-8-6-4-2;7-4-2-1-3-5(8)6(9)10;3-1-2-4/h37H,3-36H2,1-2H3,(H,45,46)(H,47,48);5H,1-4,7-8H2,(H,9,10);4H,1-3H2/t37-;5-;/m00./s1. The fourth-order valence-corrected chi connectivity index (χ4v) is 7.28. The number of aliphatic hydroxyl groups excluding tert-OH is 1. The van der Waals surface area contributed by atoms with Crippen LogP contribution in [-0.2, 0) is 24.0 Å². The summed E-state index contributed by atoms with van der Waals surface area (Å²) in [5, 5.41) is 35.0. The van der Waals surface area contributed by atoms with E-state index in [1.165, 1.54) is 141 Å². The molecule has 0 aromatic rings. The molecular weight excluding hydrogens is 789 g/mol. The van der Waals surface area contributed by atoms with Crippen LogP contribution in [0.3, 0.4) is 0 Å². The first-order valence-corrected chi connectivity index (χ1v) is 25.2. The minimum atomic E-state index is -1.42. The highest BCUT2D eigenvalue weighted by atomic mass is 16.4. The van der Waals surface area contributed by atoms with Gasteiger partial charge in [0.15, 0.2) is 0 Å². The van der Waals surface area contributed by atoms with Gasteiger partial charge in [0.2, 0.25) is 11.8 Å². The van der Waals surface area contributed by atoms with Gasteiger partial charge in [-0.3, -0.25) is 24.1 Å². The molecule has 0 saturated heterocycles. The molecule has 0 saturated carbocycles. The Labute approximate surface area is 378 Å². The van der Waals surface area contributed by atoms with Crippen molar-refractivity contribution in [3.05, 3.63) is 0 Å². The van der Waals surface area contributed by atoms with Gasteiger partial charge in [-0.1, -0.05) is 200 Å². The highest BCUT2D eigenvalue weighted by molar-refractivity contribution is 5.99. The zero-order valence-electron chi connectivity index (χ0n) is 39.9. The number of aliphatic carboxylic acids is 3. The van der Waals surface area contributed by atoms with Crippen LogP contribution < -0.4 is 17.2 Å². The Bertz CT molecular complexity index is 986. The minimum absolute atomic E-state index is 0.0972. The number of unbranched alkanes of at least 4 members (excludes halogenated alkanes) is 29. The number of nitrogens with two attached hydrogens (primary N) is 3. The summed E-state index contributed by atoms with van der Waals surface area (Å²) in [5.74, 6) is -4.34. The maximum absolute atomic E-state index is 13.2. The molecule has 0 bridgehead atoms. The second-order valence-electron chi connectivity index (χ2n) is 17.1. The van der Waals surface area contributed by atoms with Crippen molar-refractivity contribution in [1.29, 1.82) is 0 Å². The van der Waals surface area contributed by atoms with E-state index in [-0.39, 0.29) is 25.9 Å². The average molecular weight is 887 g/mol. The van der Waals surface area contributed by atoms with Crippen LogP contribution in [0, 0.1) is 0 Å². The van der Waals surface area contributed by atoms with Crippen molar-refractivity contribution < 1.29 is 44.4 Å². The monoisotopic (exact) mass is 887 g/mol. The van der Waals surface area contributed by atoms with Gasteiger partial charge in [-0.25, -0.2) is 4.79 Å². The second kappa shape index (κ2) is 51.0. The molecular formula is C49H98N4O9. The normalized spacial score (nSPS) is 11.8. The van der Waals surface area contributed by atoms with Gasteiger partial charge in [0.1, 0.15) is 12.1 Å². The molecule has 0 spiro atoms. The van der Waals surface area contributed by atoms with Crippen molar-refractivity contribution in [2.24, 2.45) is 17.2 Å². The predicted octanol–water partition coefficient (Wildman–Crippen LogP) is 10.6. The fourth-order valence-electron chi connectivity index (χ4n) is 7.28. The van der Waals surface area contributed by atoms with Crippen molar-refractivity contribution >= 4 is 29.7 Å². The summed E-state index contributed by atoms with van der Waals surface area (Å²) >= 11 is 0. The van der Waals surface area contributed by atoms with E-state index in [0.717, 1.165) is 56.3 Å². The minimum Gasteiger partial charge on any atom is -0.481 e. The summed E-state index contributed by atoms with van der Waals surface area (Å²) in [7, 11) is 0. The topological polar surface area (TPSA) is 248 Å². The molecule has 0 aliphatic carbocycles. The third kappa shape index (κ3) is 46.9. The van der Waals surface area contributed by atoms with Gasteiger partial charge in [-0.2, -0.15) is 0 Å². The average Bonchev–Trinajstić information content (AvgIpc) is 3.24. The molecule has 0 aliphatic rings. The lowest BCUT2D eigenvalue weighted by Gasteiger charge is -2.27. The molecule has 0 aliphatic heterocycles. The summed E-state index contributed by atoms with van der Waals surface area (Å²) in [4.78, 5) is 60.6. The molecule has 13 heteroatoms. The number of carbonyl (C=O) groups is 5. The first kappa shape index (κ1) is 63.7. The highest BCUT2D eigenvalue weighted by Crippen LogP contribution is 2.19. The van der Waals surface area contributed by atoms with Crippen molar-refractivity contribution in [1.82, 2.24) is 4.90 Å². The Morgan fingerprint density at radius 2 is 0.726 bits per heavy atom. The van der Waals surface area contributed by atoms with Crippen LogP contribution in [0.4, 0.5) is 0 Å². The van der Waals surface area contributed by atoms with Crippen molar-refractivity contribution in [2.45, 2.75) is 264 Å². The number of carboxylic acid groups (broad SMARTS) is 3. The largest absolute Gasteiger partial charge is 0.481 e.